The van der Waals surface area contributed by atoms with Crippen LogP contribution in [0.15, 0.2) is 41.6 Å². The molecule has 1 N–H and O–H groups in total. The molecule has 5 nitrogen and oxygen atoms in total. The minimum absolute atomic E-state index is 0.0553. The molecule has 1 aromatic carbocycles. The van der Waals surface area contributed by atoms with E-state index in [0.717, 1.165) is 5.82 Å². The molecule has 1 amide bonds. The van der Waals surface area contributed by atoms with Gasteiger partial charge < -0.3 is 10.2 Å². The SMILES string of the molecule is CN(Cc1ccccc1)c1cc(Cl)nc(SCC(=O)NC(C)(C)C)n1. The lowest BCUT2D eigenvalue weighted by Crippen LogP contribution is -2.41. The van der Waals surface area contributed by atoms with Gasteiger partial charge >= 0.3 is 0 Å². The number of nitrogens with one attached hydrogen (secondary N) is 1. The maximum Gasteiger partial charge on any atom is 0.230 e. The maximum absolute atomic E-state index is 11.9. The number of hydrogen-bond donors (Lipinski definition) is 1. The van der Waals surface area contributed by atoms with E-state index in [1.54, 1.807) is 6.07 Å². The molecular formula is C18H23ClN4OS. The molecule has 0 fully saturated rings. The summed E-state index contributed by atoms with van der Waals surface area (Å²) >= 11 is 7.40. The van der Waals surface area contributed by atoms with Gasteiger partial charge in [-0.1, -0.05) is 53.7 Å². The van der Waals surface area contributed by atoms with Gasteiger partial charge in [0.1, 0.15) is 11.0 Å². The summed E-state index contributed by atoms with van der Waals surface area (Å²) in [6.07, 6.45) is 0. The second kappa shape index (κ2) is 8.54. The van der Waals surface area contributed by atoms with Crippen molar-refractivity contribution >= 4 is 35.1 Å². The van der Waals surface area contributed by atoms with Crippen molar-refractivity contribution < 1.29 is 4.79 Å². The van der Waals surface area contributed by atoms with Gasteiger partial charge in [0, 0.05) is 25.2 Å². The van der Waals surface area contributed by atoms with Gasteiger partial charge in [0.2, 0.25) is 5.91 Å². The molecule has 0 aliphatic carbocycles. The number of amides is 1. The van der Waals surface area contributed by atoms with Crippen LogP contribution < -0.4 is 10.2 Å². The molecular weight excluding hydrogens is 356 g/mol. The van der Waals surface area contributed by atoms with Crippen molar-refractivity contribution in [1.82, 2.24) is 15.3 Å². The number of carbonyl (C=O) groups is 1. The van der Waals surface area contributed by atoms with E-state index in [4.69, 9.17) is 11.6 Å². The van der Waals surface area contributed by atoms with Gasteiger partial charge in [-0.15, -0.1) is 0 Å². The molecule has 134 valence electrons. The number of benzene rings is 1. The Bertz CT molecular complexity index is 719. The zero-order chi connectivity index (χ0) is 18.4. The van der Waals surface area contributed by atoms with Crippen LogP contribution in [0.4, 0.5) is 5.82 Å². The quantitative estimate of drug-likeness (QED) is 0.471. The second-order valence-corrected chi connectivity index (χ2v) is 8.09. The number of anilines is 1. The summed E-state index contributed by atoms with van der Waals surface area (Å²) in [5, 5.41) is 3.77. The fourth-order valence-electron chi connectivity index (χ4n) is 2.17. The second-order valence-electron chi connectivity index (χ2n) is 6.76. The molecule has 0 spiro atoms. The lowest BCUT2D eigenvalue weighted by Gasteiger charge is -2.20. The molecule has 0 saturated heterocycles. The predicted molar refractivity (Wildman–Crippen MR) is 104 cm³/mol. The molecule has 0 unspecified atom stereocenters. The lowest BCUT2D eigenvalue weighted by atomic mass is 10.1. The third kappa shape index (κ3) is 6.92. The van der Waals surface area contributed by atoms with E-state index in [0.29, 0.717) is 16.9 Å². The van der Waals surface area contributed by atoms with Crippen LogP contribution in [0.3, 0.4) is 0 Å². The topological polar surface area (TPSA) is 58.1 Å². The summed E-state index contributed by atoms with van der Waals surface area (Å²) in [7, 11) is 1.95. The van der Waals surface area contributed by atoms with E-state index >= 15 is 0 Å². The van der Waals surface area contributed by atoms with E-state index in [-0.39, 0.29) is 17.2 Å². The van der Waals surface area contributed by atoms with E-state index in [1.165, 1.54) is 17.3 Å². The Morgan fingerprint density at radius 2 is 1.92 bits per heavy atom. The zero-order valence-corrected chi connectivity index (χ0v) is 16.5. The summed E-state index contributed by atoms with van der Waals surface area (Å²) in [5.74, 6) is 0.919. The first-order valence-electron chi connectivity index (χ1n) is 7.96. The Hall–Kier alpha value is -1.79. The van der Waals surface area contributed by atoms with Crippen LogP contribution in [-0.4, -0.2) is 34.2 Å². The Kier molecular flexibility index (Phi) is 6.67. The number of hydrogen-bond acceptors (Lipinski definition) is 5. The van der Waals surface area contributed by atoms with E-state index < -0.39 is 0 Å². The van der Waals surface area contributed by atoms with Gasteiger partial charge in [0.15, 0.2) is 5.16 Å². The van der Waals surface area contributed by atoms with Gasteiger partial charge in [0.05, 0.1) is 5.75 Å². The largest absolute Gasteiger partial charge is 0.355 e. The fourth-order valence-corrected chi connectivity index (χ4v) is 3.05. The van der Waals surface area contributed by atoms with Crippen LogP contribution in [0, 0.1) is 0 Å². The van der Waals surface area contributed by atoms with Crippen LogP contribution in [-0.2, 0) is 11.3 Å². The van der Waals surface area contributed by atoms with Crippen LogP contribution in [0.5, 0.6) is 0 Å². The molecule has 0 saturated carbocycles. The molecule has 7 heteroatoms. The van der Waals surface area contributed by atoms with Gasteiger partial charge in [-0.25, -0.2) is 9.97 Å². The predicted octanol–water partition coefficient (Wildman–Crippen LogP) is 3.77. The van der Waals surface area contributed by atoms with Crippen molar-refractivity contribution in [2.45, 2.75) is 38.0 Å². The smallest absolute Gasteiger partial charge is 0.230 e. The lowest BCUT2D eigenvalue weighted by molar-refractivity contribution is -0.119. The fraction of sp³-hybridized carbons (Fsp3) is 0.389. The molecule has 2 rings (SSSR count). The van der Waals surface area contributed by atoms with E-state index in [1.807, 2.05) is 50.9 Å². The van der Waals surface area contributed by atoms with Gasteiger partial charge in [-0.3, -0.25) is 4.79 Å². The zero-order valence-electron chi connectivity index (χ0n) is 14.9. The molecule has 0 aliphatic heterocycles. The minimum Gasteiger partial charge on any atom is -0.355 e. The summed E-state index contributed by atoms with van der Waals surface area (Å²) in [5.41, 5.74) is 0.923. The van der Waals surface area contributed by atoms with Gasteiger partial charge in [-0.2, -0.15) is 0 Å². The normalized spacial score (nSPS) is 11.2. The first kappa shape index (κ1) is 19.5. The molecule has 0 bridgehead atoms. The van der Waals surface area contributed by atoms with Crippen molar-refractivity contribution in [3.63, 3.8) is 0 Å². The highest BCUT2D eigenvalue weighted by Gasteiger charge is 2.15. The highest BCUT2D eigenvalue weighted by atomic mass is 35.5. The first-order chi connectivity index (χ1) is 11.7. The highest BCUT2D eigenvalue weighted by Crippen LogP contribution is 2.22. The third-order valence-electron chi connectivity index (χ3n) is 3.16. The van der Waals surface area contributed by atoms with Gasteiger partial charge in [0.25, 0.3) is 0 Å². The van der Waals surface area contributed by atoms with Crippen LogP contribution in [0.2, 0.25) is 5.15 Å². The van der Waals surface area contributed by atoms with Gasteiger partial charge in [-0.05, 0) is 26.3 Å². The molecule has 2 aromatic rings. The summed E-state index contributed by atoms with van der Waals surface area (Å²) in [6.45, 7) is 6.55. The monoisotopic (exact) mass is 378 g/mol. The van der Waals surface area contributed by atoms with Crippen molar-refractivity contribution in [2.24, 2.45) is 0 Å². The van der Waals surface area contributed by atoms with Crippen LogP contribution in [0.1, 0.15) is 26.3 Å². The standard InChI is InChI=1S/C18H23ClN4OS/c1-18(2,3)22-16(24)12-25-17-20-14(19)10-15(21-17)23(4)11-13-8-6-5-7-9-13/h5-10H,11-12H2,1-4H3,(H,22,24). The summed E-state index contributed by atoms with van der Waals surface area (Å²) in [4.78, 5) is 22.7. The van der Waals surface area contributed by atoms with Crippen LogP contribution in [0.25, 0.3) is 0 Å². The Morgan fingerprint density at radius 1 is 1.24 bits per heavy atom. The van der Waals surface area contributed by atoms with Crippen molar-refractivity contribution in [2.75, 3.05) is 17.7 Å². The average molecular weight is 379 g/mol. The Labute approximate surface area is 158 Å². The third-order valence-corrected chi connectivity index (χ3v) is 4.20. The molecule has 25 heavy (non-hydrogen) atoms. The van der Waals surface area contributed by atoms with Crippen molar-refractivity contribution in [3.8, 4) is 0 Å². The Morgan fingerprint density at radius 3 is 2.56 bits per heavy atom. The summed E-state index contributed by atoms with van der Waals surface area (Å²) < 4.78 is 0. The molecule has 0 radical (unpaired) electrons. The molecule has 0 aliphatic rings. The highest BCUT2D eigenvalue weighted by molar-refractivity contribution is 7.99. The molecule has 0 atom stereocenters. The van der Waals surface area contributed by atoms with E-state index in [2.05, 4.69) is 27.4 Å². The Balaban J connectivity index is 2.03. The number of thioether (sulfide) groups is 1. The van der Waals surface area contributed by atoms with E-state index in [9.17, 15) is 4.79 Å². The summed E-state index contributed by atoms with van der Waals surface area (Å²) in [6, 6.07) is 11.8. The average Bonchev–Trinajstić information content (AvgIpc) is 2.52. The first-order valence-corrected chi connectivity index (χ1v) is 9.33. The molecule has 1 heterocycles. The number of nitrogens with zero attached hydrogens (tertiary/aromatic N) is 3. The number of carbonyl (C=O) groups excluding carboxylic acids is 1. The van der Waals surface area contributed by atoms with Crippen molar-refractivity contribution in [3.05, 3.63) is 47.1 Å². The number of halogens is 1. The van der Waals surface area contributed by atoms with Crippen molar-refractivity contribution in [1.29, 1.82) is 0 Å². The number of rotatable bonds is 6. The minimum atomic E-state index is -0.256. The van der Waals surface area contributed by atoms with Crippen LogP contribution >= 0.6 is 23.4 Å². The number of aromatic nitrogens is 2. The molecule has 1 aromatic heterocycles. The maximum atomic E-state index is 11.9.